The molecule has 0 bridgehead atoms. The number of aromatic nitrogens is 2. The molecule has 1 aliphatic heterocycles. The molecule has 1 saturated heterocycles. The van der Waals surface area contributed by atoms with E-state index in [1.54, 1.807) is 12.1 Å². The van der Waals surface area contributed by atoms with Crippen LogP contribution in [0.25, 0.3) is 11.5 Å². The molecule has 1 fully saturated rings. The molecule has 1 aliphatic rings. The quantitative estimate of drug-likeness (QED) is 0.628. The number of non-ortho nitro benzene ring substituents is 1. The van der Waals surface area contributed by atoms with Crippen LogP contribution in [0.1, 0.15) is 39.1 Å². The van der Waals surface area contributed by atoms with Crippen LogP contribution >= 0.6 is 0 Å². The van der Waals surface area contributed by atoms with Crippen LogP contribution in [0.15, 0.2) is 28.7 Å². The second-order valence-corrected chi connectivity index (χ2v) is 6.83. The maximum atomic E-state index is 10.7. The summed E-state index contributed by atoms with van der Waals surface area (Å²) in [6, 6.07) is 6.21. The largest absolute Gasteiger partial charge is 0.419 e. The molecule has 7 nitrogen and oxygen atoms in total. The highest BCUT2D eigenvalue weighted by atomic mass is 16.6. The first kappa shape index (κ1) is 16.6. The molecule has 0 unspecified atom stereocenters. The van der Waals surface area contributed by atoms with Crippen LogP contribution in [0.4, 0.5) is 5.69 Å². The summed E-state index contributed by atoms with van der Waals surface area (Å²) in [6.45, 7) is 8.68. The average Bonchev–Trinajstić information content (AvgIpc) is 3.03. The highest BCUT2D eigenvalue weighted by Gasteiger charge is 2.28. The van der Waals surface area contributed by atoms with Crippen molar-refractivity contribution < 1.29 is 9.34 Å². The number of nitrogens with zero attached hydrogens (tertiary/aromatic N) is 4. The molecule has 2 heterocycles. The van der Waals surface area contributed by atoms with E-state index in [9.17, 15) is 10.1 Å². The minimum atomic E-state index is -0.427. The summed E-state index contributed by atoms with van der Waals surface area (Å²) in [4.78, 5) is 12.7. The van der Waals surface area contributed by atoms with Crippen LogP contribution in [0.2, 0.25) is 0 Å². The molecule has 7 heteroatoms. The van der Waals surface area contributed by atoms with Gasteiger partial charge in [-0.3, -0.25) is 15.0 Å². The molecule has 2 aromatic rings. The molecular formula is C17H22N4O3. The van der Waals surface area contributed by atoms with E-state index < -0.39 is 4.92 Å². The van der Waals surface area contributed by atoms with E-state index in [0.717, 1.165) is 13.1 Å². The average molecular weight is 330 g/mol. The van der Waals surface area contributed by atoms with Gasteiger partial charge in [-0.15, -0.1) is 10.2 Å². The molecule has 1 aromatic heterocycles. The molecule has 0 saturated carbocycles. The van der Waals surface area contributed by atoms with Gasteiger partial charge < -0.3 is 4.42 Å². The van der Waals surface area contributed by atoms with Crippen LogP contribution in [0, 0.1) is 22.0 Å². The summed E-state index contributed by atoms with van der Waals surface area (Å²) in [7, 11) is 0. The number of hydrogen-bond acceptors (Lipinski definition) is 6. The molecule has 0 radical (unpaired) electrons. The molecule has 0 N–H and O–H groups in total. The van der Waals surface area contributed by atoms with Gasteiger partial charge in [0.25, 0.3) is 5.69 Å². The molecule has 128 valence electrons. The standard InChI is InChI=1S/C17H22N4O3/c1-11-8-12(2)10-20(9-11)13(3)16-18-19-17(24-16)14-4-6-15(7-5-14)21(22)23/h4-7,11-13H,8-10H2,1-3H3/t11-,12-,13-/m0/s1. The third-order valence-electron chi connectivity index (χ3n) is 4.57. The zero-order chi connectivity index (χ0) is 17.3. The van der Waals surface area contributed by atoms with E-state index >= 15 is 0 Å². The summed E-state index contributed by atoms with van der Waals surface area (Å²) in [5, 5.41) is 19.0. The van der Waals surface area contributed by atoms with Crippen molar-refractivity contribution in [3.63, 3.8) is 0 Å². The minimum Gasteiger partial charge on any atom is -0.419 e. The van der Waals surface area contributed by atoms with Crippen molar-refractivity contribution in [3.8, 4) is 11.5 Å². The van der Waals surface area contributed by atoms with Gasteiger partial charge in [0, 0.05) is 30.8 Å². The SMILES string of the molecule is C[C@H]1C[C@H](C)CN([C@@H](C)c2nnc(-c3ccc([N+](=O)[O-])cc3)o2)C1. The van der Waals surface area contributed by atoms with Gasteiger partial charge >= 0.3 is 0 Å². The predicted molar refractivity (Wildman–Crippen MR) is 89.3 cm³/mol. The fourth-order valence-electron chi connectivity index (χ4n) is 3.43. The van der Waals surface area contributed by atoms with Gasteiger partial charge in [-0.2, -0.15) is 0 Å². The Kier molecular flexibility index (Phi) is 4.62. The molecule has 0 amide bonds. The Morgan fingerprint density at radius 2 is 1.83 bits per heavy atom. The van der Waals surface area contributed by atoms with Crippen molar-refractivity contribution in [3.05, 3.63) is 40.3 Å². The summed E-state index contributed by atoms with van der Waals surface area (Å²) >= 11 is 0. The fraction of sp³-hybridized carbons (Fsp3) is 0.529. The fourth-order valence-corrected chi connectivity index (χ4v) is 3.43. The third-order valence-corrected chi connectivity index (χ3v) is 4.57. The van der Waals surface area contributed by atoms with Crippen LogP contribution in [-0.4, -0.2) is 33.1 Å². The number of likely N-dealkylation sites (tertiary alicyclic amines) is 1. The lowest BCUT2D eigenvalue weighted by Crippen LogP contribution is -2.40. The topological polar surface area (TPSA) is 85.3 Å². The predicted octanol–water partition coefficient (Wildman–Crippen LogP) is 3.68. The maximum absolute atomic E-state index is 10.7. The van der Waals surface area contributed by atoms with Gasteiger partial charge in [-0.25, -0.2) is 0 Å². The van der Waals surface area contributed by atoms with E-state index in [-0.39, 0.29) is 11.7 Å². The van der Waals surface area contributed by atoms with E-state index in [0.29, 0.717) is 29.2 Å². The van der Waals surface area contributed by atoms with E-state index in [2.05, 4.69) is 35.9 Å². The van der Waals surface area contributed by atoms with Crippen molar-refractivity contribution in [2.45, 2.75) is 33.2 Å². The summed E-state index contributed by atoms with van der Waals surface area (Å²) in [6.07, 6.45) is 1.25. The summed E-state index contributed by atoms with van der Waals surface area (Å²) < 4.78 is 5.82. The van der Waals surface area contributed by atoms with Crippen LogP contribution in [0.5, 0.6) is 0 Å². The second kappa shape index (κ2) is 6.68. The Morgan fingerprint density at radius 1 is 1.21 bits per heavy atom. The monoisotopic (exact) mass is 330 g/mol. The van der Waals surface area contributed by atoms with Gasteiger partial charge in [0.05, 0.1) is 11.0 Å². The minimum absolute atomic E-state index is 0.0446. The number of hydrogen-bond donors (Lipinski definition) is 0. The van der Waals surface area contributed by atoms with E-state index in [4.69, 9.17) is 4.42 Å². The van der Waals surface area contributed by atoms with Gasteiger partial charge in [-0.05, 0) is 37.3 Å². The molecule has 0 aliphatic carbocycles. The molecule has 24 heavy (non-hydrogen) atoms. The third kappa shape index (κ3) is 3.46. The van der Waals surface area contributed by atoms with Crippen LogP contribution in [0.3, 0.4) is 0 Å². The normalized spacial score (nSPS) is 23.1. The Morgan fingerprint density at radius 3 is 2.42 bits per heavy atom. The molecule has 3 rings (SSSR count). The highest BCUT2D eigenvalue weighted by molar-refractivity contribution is 5.55. The Labute approximate surface area is 140 Å². The highest BCUT2D eigenvalue weighted by Crippen LogP contribution is 2.30. The zero-order valence-electron chi connectivity index (χ0n) is 14.2. The van der Waals surface area contributed by atoms with Crippen LogP contribution in [-0.2, 0) is 0 Å². The van der Waals surface area contributed by atoms with E-state index in [1.165, 1.54) is 18.6 Å². The van der Waals surface area contributed by atoms with Crippen molar-refractivity contribution in [2.24, 2.45) is 11.8 Å². The van der Waals surface area contributed by atoms with Crippen molar-refractivity contribution in [1.82, 2.24) is 15.1 Å². The van der Waals surface area contributed by atoms with Crippen LogP contribution < -0.4 is 0 Å². The maximum Gasteiger partial charge on any atom is 0.269 e. The number of piperidine rings is 1. The smallest absolute Gasteiger partial charge is 0.269 e. The molecular weight excluding hydrogens is 308 g/mol. The Hall–Kier alpha value is -2.28. The zero-order valence-corrected chi connectivity index (χ0v) is 14.2. The van der Waals surface area contributed by atoms with Gasteiger partial charge in [0.1, 0.15) is 0 Å². The summed E-state index contributed by atoms with van der Waals surface area (Å²) in [5.41, 5.74) is 0.732. The van der Waals surface area contributed by atoms with Gasteiger partial charge in [-0.1, -0.05) is 13.8 Å². The van der Waals surface area contributed by atoms with E-state index in [1.807, 2.05) is 0 Å². The van der Waals surface area contributed by atoms with Crippen molar-refractivity contribution >= 4 is 5.69 Å². The van der Waals surface area contributed by atoms with Crippen molar-refractivity contribution in [1.29, 1.82) is 0 Å². The molecule has 1 aromatic carbocycles. The van der Waals surface area contributed by atoms with Gasteiger partial charge in [0.2, 0.25) is 11.8 Å². The van der Waals surface area contributed by atoms with Crippen molar-refractivity contribution in [2.75, 3.05) is 13.1 Å². The summed E-state index contributed by atoms with van der Waals surface area (Å²) in [5.74, 6) is 2.30. The Bertz CT molecular complexity index is 703. The second-order valence-electron chi connectivity index (χ2n) is 6.83. The lowest BCUT2D eigenvalue weighted by atomic mass is 9.91. The number of rotatable bonds is 4. The molecule has 3 atom stereocenters. The number of nitro groups is 1. The first-order valence-corrected chi connectivity index (χ1v) is 8.26. The first-order valence-electron chi connectivity index (χ1n) is 8.26. The Balaban J connectivity index is 1.76. The molecule has 0 spiro atoms. The lowest BCUT2D eigenvalue weighted by Gasteiger charge is -2.37. The number of nitro benzene ring substituents is 1. The first-order chi connectivity index (χ1) is 11.4. The number of benzene rings is 1. The van der Waals surface area contributed by atoms with Gasteiger partial charge in [0.15, 0.2) is 0 Å². The lowest BCUT2D eigenvalue weighted by molar-refractivity contribution is -0.384.